The molecule has 3 rings (SSSR count). The molecular formula is C24H32FN3O4. The molecule has 2 heterocycles. The van der Waals surface area contributed by atoms with Crippen molar-refractivity contribution in [1.82, 2.24) is 14.7 Å². The fraction of sp³-hybridized carbons (Fsp3) is 0.500. The van der Waals surface area contributed by atoms with Gasteiger partial charge in [-0.15, -0.1) is 0 Å². The van der Waals surface area contributed by atoms with Gasteiger partial charge in [-0.25, -0.2) is 4.39 Å². The van der Waals surface area contributed by atoms with Crippen molar-refractivity contribution in [2.45, 2.75) is 26.9 Å². The number of carbonyl (C=O) groups is 2. The van der Waals surface area contributed by atoms with Crippen LogP contribution in [0.2, 0.25) is 0 Å². The molecule has 1 aromatic heterocycles. The summed E-state index contributed by atoms with van der Waals surface area (Å²) in [6.07, 6.45) is 1.56. The van der Waals surface area contributed by atoms with Crippen LogP contribution in [0.1, 0.15) is 25.2 Å². The predicted molar refractivity (Wildman–Crippen MR) is 118 cm³/mol. The maximum atomic E-state index is 13.3. The monoisotopic (exact) mass is 445 g/mol. The fourth-order valence-electron chi connectivity index (χ4n) is 3.62. The van der Waals surface area contributed by atoms with Crippen molar-refractivity contribution in [3.8, 4) is 0 Å². The molecule has 1 aliphatic heterocycles. The molecule has 1 saturated heterocycles. The highest BCUT2D eigenvalue weighted by atomic mass is 19.1. The summed E-state index contributed by atoms with van der Waals surface area (Å²) >= 11 is 0. The summed E-state index contributed by atoms with van der Waals surface area (Å²) in [5.41, 5.74) is 0.807. The highest BCUT2D eigenvalue weighted by molar-refractivity contribution is 5.85. The van der Waals surface area contributed by atoms with Gasteiger partial charge in [0.1, 0.15) is 11.6 Å². The first-order valence-electron chi connectivity index (χ1n) is 11.1. The third kappa shape index (κ3) is 7.17. The van der Waals surface area contributed by atoms with E-state index < -0.39 is 0 Å². The van der Waals surface area contributed by atoms with Gasteiger partial charge in [-0.2, -0.15) is 0 Å². The van der Waals surface area contributed by atoms with Gasteiger partial charge in [0.2, 0.25) is 11.8 Å². The molecule has 8 heteroatoms. The Hall–Kier alpha value is -2.71. The third-order valence-corrected chi connectivity index (χ3v) is 5.49. The second-order valence-corrected chi connectivity index (χ2v) is 8.32. The van der Waals surface area contributed by atoms with E-state index in [0.29, 0.717) is 38.6 Å². The number of carbonyl (C=O) groups excluding carboxylic acids is 2. The van der Waals surface area contributed by atoms with Crippen molar-refractivity contribution in [3.63, 3.8) is 0 Å². The number of ether oxygens (including phenoxy) is 1. The standard InChI is InChI=1S/C24H32FN3O4/c1-19(2)24(30)27(10-9-26-11-14-31-15-12-26)18-23(29)28(17-22-4-3-13-32-22)16-20-5-7-21(25)8-6-20/h3-8,13,19H,9-12,14-18H2,1-2H3. The molecule has 32 heavy (non-hydrogen) atoms. The minimum Gasteiger partial charge on any atom is -0.467 e. The van der Waals surface area contributed by atoms with E-state index in [1.807, 2.05) is 13.8 Å². The van der Waals surface area contributed by atoms with Crippen LogP contribution in [-0.4, -0.2) is 72.5 Å². The number of nitrogens with zero attached hydrogens (tertiary/aromatic N) is 3. The molecule has 7 nitrogen and oxygen atoms in total. The molecule has 0 spiro atoms. The summed E-state index contributed by atoms with van der Waals surface area (Å²) in [4.78, 5) is 31.7. The van der Waals surface area contributed by atoms with Crippen LogP contribution < -0.4 is 0 Å². The van der Waals surface area contributed by atoms with Crippen molar-refractivity contribution in [2.75, 3.05) is 45.9 Å². The Kier molecular flexibility index (Phi) is 8.81. The van der Waals surface area contributed by atoms with E-state index in [4.69, 9.17) is 9.15 Å². The number of furan rings is 1. The summed E-state index contributed by atoms with van der Waals surface area (Å²) in [7, 11) is 0. The van der Waals surface area contributed by atoms with Crippen LogP contribution in [0.15, 0.2) is 47.1 Å². The molecule has 0 aliphatic carbocycles. The molecule has 1 aliphatic rings. The van der Waals surface area contributed by atoms with Crippen LogP contribution in [0.4, 0.5) is 4.39 Å². The molecule has 0 unspecified atom stereocenters. The SMILES string of the molecule is CC(C)C(=O)N(CCN1CCOCC1)CC(=O)N(Cc1ccc(F)cc1)Cc1ccco1. The third-order valence-electron chi connectivity index (χ3n) is 5.49. The number of hydrogen-bond donors (Lipinski definition) is 0. The van der Waals surface area contributed by atoms with Crippen LogP contribution >= 0.6 is 0 Å². The lowest BCUT2D eigenvalue weighted by atomic mass is 10.1. The topological polar surface area (TPSA) is 66.2 Å². The lowest BCUT2D eigenvalue weighted by Crippen LogP contribution is -2.48. The lowest BCUT2D eigenvalue weighted by Gasteiger charge is -2.32. The van der Waals surface area contributed by atoms with Crippen LogP contribution in [-0.2, 0) is 27.4 Å². The summed E-state index contributed by atoms with van der Waals surface area (Å²) in [5.74, 6) is -0.110. The van der Waals surface area contributed by atoms with Gasteiger partial charge in [0.05, 0.1) is 32.6 Å². The summed E-state index contributed by atoms with van der Waals surface area (Å²) < 4.78 is 24.1. The van der Waals surface area contributed by atoms with Crippen LogP contribution in [0.25, 0.3) is 0 Å². The molecule has 1 fully saturated rings. The molecule has 174 valence electrons. The number of halogens is 1. The molecule has 0 bridgehead atoms. The van der Waals surface area contributed by atoms with E-state index in [0.717, 1.165) is 18.7 Å². The summed E-state index contributed by atoms with van der Waals surface area (Å²) in [6, 6.07) is 9.65. The van der Waals surface area contributed by atoms with Crippen LogP contribution in [0, 0.1) is 11.7 Å². The van der Waals surface area contributed by atoms with Crippen molar-refractivity contribution in [2.24, 2.45) is 5.92 Å². The zero-order valence-corrected chi connectivity index (χ0v) is 18.8. The quantitative estimate of drug-likeness (QED) is 0.563. The zero-order valence-electron chi connectivity index (χ0n) is 18.8. The maximum Gasteiger partial charge on any atom is 0.242 e. The summed E-state index contributed by atoms with van der Waals surface area (Å²) in [6.45, 7) is 8.45. The van der Waals surface area contributed by atoms with Gasteiger partial charge in [0, 0.05) is 38.6 Å². The Morgan fingerprint density at radius 1 is 1.06 bits per heavy atom. The smallest absolute Gasteiger partial charge is 0.242 e. The molecule has 0 saturated carbocycles. The second kappa shape index (κ2) is 11.8. The van der Waals surface area contributed by atoms with Crippen molar-refractivity contribution < 1.29 is 23.1 Å². The van der Waals surface area contributed by atoms with Crippen LogP contribution in [0.5, 0.6) is 0 Å². The van der Waals surface area contributed by atoms with E-state index in [1.54, 1.807) is 40.3 Å². The first kappa shape index (κ1) is 23.9. The predicted octanol–water partition coefficient (Wildman–Crippen LogP) is 2.76. The van der Waals surface area contributed by atoms with Gasteiger partial charge in [-0.1, -0.05) is 26.0 Å². The Labute approximate surface area is 188 Å². The Morgan fingerprint density at radius 3 is 2.41 bits per heavy atom. The molecule has 0 radical (unpaired) electrons. The Morgan fingerprint density at radius 2 is 1.78 bits per heavy atom. The first-order valence-corrected chi connectivity index (χ1v) is 11.1. The molecule has 2 amide bonds. The van der Waals surface area contributed by atoms with Crippen molar-refractivity contribution >= 4 is 11.8 Å². The van der Waals surface area contributed by atoms with Gasteiger partial charge in [0.25, 0.3) is 0 Å². The van der Waals surface area contributed by atoms with Gasteiger partial charge >= 0.3 is 0 Å². The number of amides is 2. The summed E-state index contributed by atoms with van der Waals surface area (Å²) in [5, 5.41) is 0. The van der Waals surface area contributed by atoms with Gasteiger partial charge in [-0.05, 0) is 29.8 Å². The second-order valence-electron chi connectivity index (χ2n) is 8.32. The highest BCUT2D eigenvalue weighted by Gasteiger charge is 2.25. The Balaban J connectivity index is 1.70. The van der Waals surface area contributed by atoms with Gasteiger partial charge in [-0.3, -0.25) is 14.5 Å². The molecular weight excluding hydrogens is 413 g/mol. The maximum absolute atomic E-state index is 13.3. The van der Waals surface area contributed by atoms with E-state index in [2.05, 4.69) is 4.90 Å². The van der Waals surface area contributed by atoms with E-state index >= 15 is 0 Å². The molecule has 1 aromatic carbocycles. The lowest BCUT2D eigenvalue weighted by molar-refractivity contribution is -0.143. The molecule has 0 N–H and O–H groups in total. The zero-order chi connectivity index (χ0) is 22.9. The average Bonchev–Trinajstić information content (AvgIpc) is 3.31. The van der Waals surface area contributed by atoms with Crippen molar-refractivity contribution in [1.29, 1.82) is 0 Å². The van der Waals surface area contributed by atoms with Crippen LogP contribution in [0.3, 0.4) is 0 Å². The first-order chi connectivity index (χ1) is 15.4. The van der Waals surface area contributed by atoms with E-state index in [9.17, 15) is 14.0 Å². The number of hydrogen-bond acceptors (Lipinski definition) is 5. The number of benzene rings is 1. The largest absolute Gasteiger partial charge is 0.467 e. The number of morpholine rings is 1. The average molecular weight is 446 g/mol. The molecule has 2 aromatic rings. The molecule has 0 atom stereocenters. The normalized spacial score (nSPS) is 14.5. The van der Waals surface area contributed by atoms with E-state index in [-0.39, 0.29) is 36.6 Å². The Bertz CT molecular complexity index is 849. The van der Waals surface area contributed by atoms with Gasteiger partial charge < -0.3 is 19.0 Å². The minimum absolute atomic E-state index is 0.0107. The van der Waals surface area contributed by atoms with Crippen molar-refractivity contribution in [3.05, 3.63) is 59.8 Å². The highest BCUT2D eigenvalue weighted by Crippen LogP contribution is 2.13. The van der Waals surface area contributed by atoms with Gasteiger partial charge in [0.15, 0.2) is 0 Å². The van der Waals surface area contributed by atoms with E-state index in [1.165, 1.54) is 12.1 Å². The minimum atomic E-state index is -0.325. The number of rotatable bonds is 10. The fourth-order valence-corrected chi connectivity index (χ4v) is 3.62.